The summed E-state index contributed by atoms with van der Waals surface area (Å²) >= 11 is 0.854. The lowest BCUT2D eigenvalue weighted by Gasteiger charge is -2.13. The Hall–Kier alpha value is 0.150. The van der Waals surface area contributed by atoms with Gasteiger partial charge in [0, 0.05) is 18.6 Å². The Labute approximate surface area is 70.0 Å². The Kier molecular flexibility index (Phi) is 6.93. The Morgan fingerprint density at radius 2 is 2.18 bits per heavy atom. The van der Waals surface area contributed by atoms with E-state index in [1.165, 1.54) is 0 Å². The van der Waals surface area contributed by atoms with Crippen LogP contribution >= 0.6 is 12.0 Å². The van der Waals surface area contributed by atoms with Crippen LogP contribution in [0.3, 0.4) is 0 Å². The molecule has 0 saturated heterocycles. The summed E-state index contributed by atoms with van der Waals surface area (Å²) in [5, 5.41) is 20.2. The van der Waals surface area contributed by atoms with Gasteiger partial charge in [-0.1, -0.05) is 5.04 Å². The average molecular weight is 183 g/mol. The molecule has 2 N–H and O–H groups in total. The van der Waals surface area contributed by atoms with Gasteiger partial charge < -0.3 is 10.0 Å². The van der Waals surface area contributed by atoms with Crippen molar-refractivity contribution in [2.45, 2.75) is 6.10 Å². The fourth-order valence-corrected chi connectivity index (χ4v) is 0.963. The highest BCUT2D eigenvalue weighted by Gasteiger charge is 2.05. The van der Waals surface area contributed by atoms with Gasteiger partial charge in [-0.25, -0.2) is 5.26 Å². The molecular weight excluding hydrogens is 170 g/mol. The first-order chi connectivity index (χ1) is 5.16. The molecule has 5 nitrogen and oxygen atoms in total. The number of aliphatic hydroxyl groups excluding tert-OH is 1. The van der Waals surface area contributed by atoms with E-state index in [9.17, 15) is 0 Å². The van der Waals surface area contributed by atoms with Crippen molar-refractivity contribution < 1.29 is 19.7 Å². The third-order valence-corrected chi connectivity index (χ3v) is 1.59. The van der Waals surface area contributed by atoms with E-state index in [-0.39, 0.29) is 0 Å². The van der Waals surface area contributed by atoms with Gasteiger partial charge in [-0.05, 0) is 14.1 Å². The van der Waals surface area contributed by atoms with Crippen LogP contribution in [0.15, 0.2) is 0 Å². The smallest absolute Gasteiger partial charge is 0.0780 e. The van der Waals surface area contributed by atoms with Crippen LogP contribution in [0.5, 0.6) is 0 Å². The zero-order valence-corrected chi connectivity index (χ0v) is 7.37. The van der Waals surface area contributed by atoms with Crippen molar-refractivity contribution in [2.24, 2.45) is 0 Å². The van der Waals surface area contributed by atoms with Crippen molar-refractivity contribution >= 4 is 12.0 Å². The van der Waals surface area contributed by atoms with Crippen LogP contribution in [0.1, 0.15) is 0 Å². The lowest BCUT2D eigenvalue weighted by molar-refractivity contribution is -0.432. The normalized spacial score (nSPS) is 13.9. The molecule has 0 fully saturated rings. The summed E-state index contributed by atoms with van der Waals surface area (Å²) in [5.74, 6) is 0.360. The van der Waals surface area contributed by atoms with Crippen molar-refractivity contribution in [1.82, 2.24) is 4.90 Å². The minimum absolute atomic E-state index is 0.360. The van der Waals surface area contributed by atoms with Crippen molar-refractivity contribution in [3.63, 3.8) is 0 Å². The van der Waals surface area contributed by atoms with Gasteiger partial charge in [0.1, 0.15) is 0 Å². The summed E-state index contributed by atoms with van der Waals surface area (Å²) < 4.78 is 4.08. The van der Waals surface area contributed by atoms with Crippen molar-refractivity contribution in [3.8, 4) is 0 Å². The molecule has 6 heteroatoms. The number of likely N-dealkylation sites (N-methyl/N-ethyl adjacent to an activating group) is 1. The summed E-state index contributed by atoms with van der Waals surface area (Å²) in [6.45, 7) is 0.557. The fourth-order valence-electron chi connectivity index (χ4n) is 0.602. The second kappa shape index (κ2) is 6.84. The van der Waals surface area contributed by atoms with Crippen LogP contribution in [0.25, 0.3) is 0 Å². The maximum atomic E-state index is 9.17. The predicted molar refractivity (Wildman–Crippen MR) is 41.8 cm³/mol. The van der Waals surface area contributed by atoms with E-state index in [0.717, 1.165) is 12.0 Å². The molecule has 0 spiro atoms. The summed E-state index contributed by atoms with van der Waals surface area (Å²) in [5.41, 5.74) is 0. The summed E-state index contributed by atoms with van der Waals surface area (Å²) in [7, 11) is 3.72. The quantitative estimate of drug-likeness (QED) is 0.261. The SMILES string of the molecule is CN(C)CC(O)CSOOO. The van der Waals surface area contributed by atoms with E-state index in [0.29, 0.717) is 12.3 Å². The highest BCUT2D eigenvalue weighted by Crippen LogP contribution is 2.04. The van der Waals surface area contributed by atoms with Gasteiger partial charge in [-0.3, -0.25) is 0 Å². The fraction of sp³-hybridized carbons (Fsp3) is 1.00. The third-order valence-electron chi connectivity index (χ3n) is 0.915. The number of hydrogen-bond donors (Lipinski definition) is 2. The molecule has 0 aromatic carbocycles. The Morgan fingerprint density at radius 1 is 1.55 bits per heavy atom. The monoisotopic (exact) mass is 183 g/mol. The zero-order valence-electron chi connectivity index (χ0n) is 6.56. The minimum atomic E-state index is -0.481. The van der Waals surface area contributed by atoms with E-state index in [4.69, 9.17) is 10.4 Å². The second-order valence-electron chi connectivity index (χ2n) is 2.34. The standard InChI is InChI=1S/C5H13NO4S/c1-6(2)3-5(7)4-11-10-9-8/h5,7-8H,3-4H2,1-2H3. The number of aliphatic hydroxyl groups is 1. The molecule has 0 saturated carbocycles. The van der Waals surface area contributed by atoms with Gasteiger partial charge in [-0.15, -0.1) is 4.33 Å². The van der Waals surface area contributed by atoms with Crippen LogP contribution in [0, 0.1) is 0 Å². The first-order valence-corrected chi connectivity index (χ1v) is 4.00. The number of rotatable bonds is 6. The van der Waals surface area contributed by atoms with Crippen molar-refractivity contribution in [3.05, 3.63) is 0 Å². The first kappa shape index (κ1) is 11.2. The van der Waals surface area contributed by atoms with E-state index < -0.39 is 6.10 Å². The van der Waals surface area contributed by atoms with Crippen LogP contribution < -0.4 is 0 Å². The van der Waals surface area contributed by atoms with Gasteiger partial charge in [0.05, 0.1) is 11.9 Å². The van der Waals surface area contributed by atoms with Gasteiger partial charge in [-0.2, -0.15) is 0 Å². The highest BCUT2D eigenvalue weighted by molar-refractivity contribution is 7.94. The maximum Gasteiger partial charge on any atom is 0.0780 e. The van der Waals surface area contributed by atoms with E-state index in [1.807, 2.05) is 19.0 Å². The lowest BCUT2D eigenvalue weighted by atomic mass is 10.4. The molecule has 0 aliphatic carbocycles. The van der Waals surface area contributed by atoms with Crippen LogP contribution in [0.4, 0.5) is 0 Å². The molecule has 1 unspecified atom stereocenters. The molecule has 0 heterocycles. The van der Waals surface area contributed by atoms with Crippen molar-refractivity contribution in [2.75, 3.05) is 26.4 Å². The van der Waals surface area contributed by atoms with E-state index in [2.05, 4.69) is 9.37 Å². The van der Waals surface area contributed by atoms with Crippen molar-refractivity contribution in [1.29, 1.82) is 0 Å². The van der Waals surface area contributed by atoms with Crippen LogP contribution in [-0.4, -0.2) is 47.8 Å². The topological polar surface area (TPSA) is 62.2 Å². The van der Waals surface area contributed by atoms with E-state index in [1.54, 1.807) is 0 Å². The third kappa shape index (κ3) is 8.05. The van der Waals surface area contributed by atoms with Gasteiger partial charge in [0.2, 0.25) is 0 Å². The molecule has 0 aromatic heterocycles. The van der Waals surface area contributed by atoms with Gasteiger partial charge in [0.15, 0.2) is 0 Å². The second-order valence-corrected chi connectivity index (χ2v) is 3.05. The molecular formula is C5H13NO4S. The molecule has 0 aliphatic heterocycles. The Balaban J connectivity index is 3.15. The van der Waals surface area contributed by atoms with Gasteiger partial charge in [0.25, 0.3) is 0 Å². The molecule has 1 atom stereocenters. The molecule has 0 amide bonds. The average Bonchev–Trinajstić information content (AvgIpc) is 1.86. The number of hydrogen-bond acceptors (Lipinski definition) is 6. The number of nitrogens with zero attached hydrogens (tertiary/aromatic N) is 1. The zero-order chi connectivity index (χ0) is 8.69. The maximum absolute atomic E-state index is 9.17. The highest BCUT2D eigenvalue weighted by atomic mass is 32.2. The first-order valence-electron chi connectivity index (χ1n) is 3.09. The molecule has 0 rings (SSSR count). The molecule has 0 aliphatic rings. The van der Waals surface area contributed by atoms with E-state index >= 15 is 0 Å². The molecule has 0 aromatic rings. The molecule has 68 valence electrons. The Morgan fingerprint density at radius 3 is 2.64 bits per heavy atom. The molecule has 0 radical (unpaired) electrons. The summed E-state index contributed by atoms with van der Waals surface area (Å²) in [6.07, 6.45) is -0.481. The lowest BCUT2D eigenvalue weighted by Crippen LogP contribution is -2.27. The largest absolute Gasteiger partial charge is 0.391 e. The minimum Gasteiger partial charge on any atom is -0.391 e. The van der Waals surface area contributed by atoms with Crippen LogP contribution in [-0.2, 0) is 9.37 Å². The van der Waals surface area contributed by atoms with Gasteiger partial charge >= 0.3 is 0 Å². The summed E-state index contributed by atoms with van der Waals surface area (Å²) in [6, 6.07) is 0. The molecule has 0 bridgehead atoms. The van der Waals surface area contributed by atoms with Crippen LogP contribution in [0.2, 0.25) is 0 Å². The molecule has 11 heavy (non-hydrogen) atoms. The predicted octanol–water partition coefficient (Wildman–Crippen LogP) is -0.0217. The summed E-state index contributed by atoms with van der Waals surface area (Å²) in [4.78, 5) is 1.85. The Bertz CT molecular complexity index is 92.6.